The summed E-state index contributed by atoms with van der Waals surface area (Å²) in [5.74, 6) is 1.72. The summed E-state index contributed by atoms with van der Waals surface area (Å²) in [6.07, 6.45) is 2.29. The van der Waals surface area contributed by atoms with Gasteiger partial charge < -0.3 is 19.5 Å². The maximum Gasteiger partial charge on any atom is 0.232 e. The van der Waals surface area contributed by atoms with E-state index < -0.39 is 15.6 Å². The molecule has 180 valence electrons. The molecule has 0 unspecified atom stereocenters. The number of para-hydroxylation sites is 2. The predicted molar refractivity (Wildman–Crippen MR) is 128 cm³/mol. The second-order valence-corrected chi connectivity index (χ2v) is 10.6. The van der Waals surface area contributed by atoms with Crippen molar-refractivity contribution in [3.63, 3.8) is 0 Å². The van der Waals surface area contributed by atoms with Crippen molar-refractivity contribution < 1.29 is 27.4 Å². The molecule has 0 aromatic heterocycles. The van der Waals surface area contributed by atoms with Crippen LogP contribution in [0.25, 0.3) is 0 Å². The van der Waals surface area contributed by atoms with Crippen LogP contribution in [0.5, 0.6) is 17.2 Å². The van der Waals surface area contributed by atoms with Gasteiger partial charge in [0.2, 0.25) is 15.9 Å². The Morgan fingerprint density at radius 3 is 2.58 bits per heavy atom. The fourth-order valence-electron chi connectivity index (χ4n) is 4.04. The number of hydrogen-bond donors (Lipinski definition) is 1. The van der Waals surface area contributed by atoms with E-state index in [9.17, 15) is 13.2 Å². The highest BCUT2D eigenvalue weighted by molar-refractivity contribution is 7.92. The summed E-state index contributed by atoms with van der Waals surface area (Å²) < 4.78 is 42.8. The Kier molecular flexibility index (Phi) is 7.41. The third-order valence-corrected chi connectivity index (χ3v) is 6.71. The Bertz CT molecular complexity index is 1100. The molecule has 0 aliphatic carbocycles. The van der Waals surface area contributed by atoms with E-state index in [4.69, 9.17) is 14.2 Å². The quantitative estimate of drug-likeness (QED) is 0.594. The molecular formula is C24H32N2O6S. The molecule has 1 aliphatic rings. The summed E-state index contributed by atoms with van der Waals surface area (Å²) >= 11 is 0. The van der Waals surface area contributed by atoms with Gasteiger partial charge in [-0.3, -0.25) is 9.10 Å². The number of methoxy groups -OCH3 is 2. The van der Waals surface area contributed by atoms with Gasteiger partial charge in [0.05, 0.1) is 32.2 Å². The van der Waals surface area contributed by atoms with Crippen LogP contribution in [0, 0.1) is 0 Å². The largest absolute Gasteiger partial charge is 0.497 e. The number of ether oxygens (including phenoxy) is 3. The highest BCUT2D eigenvalue weighted by Crippen LogP contribution is 2.41. The van der Waals surface area contributed by atoms with Gasteiger partial charge in [-0.25, -0.2) is 8.42 Å². The SMILES string of the molecule is COc1ccc2c(c1)[C@@H](NC(=O)CCCN(c1ccccc1OC)S(C)(=O)=O)CC(C)(C)O2. The summed E-state index contributed by atoms with van der Waals surface area (Å²) in [6.45, 7) is 4.13. The minimum atomic E-state index is -3.55. The van der Waals surface area contributed by atoms with Gasteiger partial charge in [-0.1, -0.05) is 12.1 Å². The molecule has 1 atom stereocenters. The highest BCUT2D eigenvalue weighted by Gasteiger charge is 2.35. The van der Waals surface area contributed by atoms with Crippen molar-refractivity contribution in [2.75, 3.05) is 31.3 Å². The number of carbonyl (C=O) groups excluding carboxylic acids is 1. The molecule has 0 saturated carbocycles. The maximum absolute atomic E-state index is 12.8. The minimum Gasteiger partial charge on any atom is -0.497 e. The first kappa shape index (κ1) is 24.7. The number of benzene rings is 2. The molecule has 2 aromatic carbocycles. The monoisotopic (exact) mass is 476 g/mol. The molecule has 1 N–H and O–H groups in total. The molecule has 1 amide bonds. The Morgan fingerprint density at radius 2 is 1.91 bits per heavy atom. The molecule has 2 aromatic rings. The molecule has 0 spiro atoms. The zero-order valence-corrected chi connectivity index (χ0v) is 20.6. The fourth-order valence-corrected chi connectivity index (χ4v) is 5.01. The van der Waals surface area contributed by atoms with Crippen LogP contribution >= 0.6 is 0 Å². The number of anilines is 1. The first-order valence-electron chi connectivity index (χ1n) is 10.8. The Labute approximate surface area is 195 Å². The topological polar surface area (TPSA) is 94.2 Å². The second kappa shape index (κ2) is 9.91. The molecule has 0 bridgehead atoms. The van der Waals surface area contributed by atoms with Gasteiger partial charge in [0.1, 0.15) is 22.8 Å². The molecule has 1 aliphatic heterocycles. The summed E-state index contributed by atoms with van der Waals surface area (Å²) in [5, 5.41) is 3.09. The Hall–Kier alpha value is -2.94. The average Bonchev–Trinajstić information content (AvgIpc) is 2.75. The van der Waals surface area contributed by atoms with Crippen LogP contribution < -0.4 is 23.8 Å². The van der Waals surface area contributed by atoms with Crippen molar-refractivity contribution in [2.24, 2.45) is 0 Å². The zero-order chi connectivity index (χ0) is 24.2. The van der Waals surface area contributed by atoms with Crippen LogP contribution in [0.4, 0.5) is 5.69 Å². The van der Waals surface area contributed by atoms with Crippen molar-refractivity contribution in [2.45, 2.75) is 44.8 Å². The van der Waals surface area contributed by atoms with Gasteiger partial charge >= 0.3 is 0 Å². The van der Waals surface area contributed by atoms with Crippen molar-refractivity contribution in [3.8, 4) is 17.2 Å². The molecule has 9 heteroatoms. The standard InChI is InChI=1S/C24H32N2O6S/c1-24(2)16-19(18-15-17(30-3)12-13-21(18)32-24)25-23(27)11-8-14-26(33(5,28)29)20-9-6-7-10-22(20)31-4/h6-7,9-10,12-13,15,19H,8,11,14,16H2,1-5H3,(H,25,27)/t19-/m0/s1. The van der Waals surface area contributed by atoms with Crippen molar-refractivity contribution in [1.29, 1.82) is 0 Å². The summed E-state index contributed by atoms with van der Waals surface area (Å²) in [5.41, 5.74) is 0.889. The number of hydrogen-bond acceptors (Lipinski definition) is 6. The van der Waals surface area contributed by atoms with Gasteiger partial charge in [-0.15, -0.1) is 0 Å². The van der Waals surface area contributed by atoms with Crippen LogP contribution in [-0.4, -0.2) is 46.9 Å². The summed E-state index contributed by atoms with van der Waals surface area (Å²) in [6, 6.07) is 12.3. The van der Waals surface area contributed by atoms with Gasteiger partial charge in [0.15, 0.2) is 0 Å². The van der Waals surface area contributed by atoms with E-state index in [-0.39, 0.29) is 24.9 Å². The number of nitrogens with one attached hydrogen (secondary N) is 1. The van der Waals surface area contributed by atoms with Crippen LogP contribution in [0.15, 0.2) is 42.5 Å². The maximum atomic E-state index is 12.8. The van der Waals surface area contributed by atoms with Crippen LogP contribution in [0.3, 0.4) is 0 Å². The molecule has 33 heavy (non-hydrogen) atoms. The van der Waals surface area contributed by atoms with Crippen LogP contribution in [0.2, 0.25) is 0 Å². The van der Waals surface area contributed by atoms with E-state index in [0.29, 0.717) is 30.0 Å². The number of nitrogens with zero attached hydrogens (tertiary/aromatic N) is 1. The first-order valence-corrected chi connectivity index (χ1v) is 12.7. The lowest BCUT2D eigenvalue weighted by Gasteiger charge is -2.38. The second-order valence-electron chi connectivity index (χ2n) is 8.70. The molecule has 0 fully saturated rings. The molecule has 3 rings (SSSR count). The van der Waals surface area contributed by atoms with E-state index in [1.807, 2.05) is 32.0 Å². The van der Waals surface area contributed by atoms with Gasteiger partial charge in [0, 0.05) is 24.9 Å². The number of sulfonamides is 1. The number of rotatable bonds is 9. The van der Waals surface area contributed by atoms with E-state index in [0.717, 1.165) is 17.6 Å². The lowest BCUT2D eigenvalue weighted by atomic mass is 9.89. The first-order chi connectivity index (χ1) is 15.5. The minimum absolute atomic E-state index is 0.153. The normalized spacial score (nSPS) is 16.8. The summed E-state index contributed by atoms with van der Waals surface area (Å²) in [4.78, 5) is 12.8. The van der Waals surface area contributed by atoms with Gasteiger partial charge in [-0.05, 0) is 50.6 Å². The molecule has 8 nitrogen and oxygen atoms in total. The smallest absolute Gasteiger partial charge is 0.232 e. The molecular weight excluding hydrogens is 444 g/mol. The number of carbonyl (C=O) groups is 1. The Balaban J connectivity index is 1.69. The predicted octanol–water partition coefficient (Wildman–Crippen LogP) is 3.67. The fraction of sp³-hybridized carbons (Fsp3) is 0.458. The molecule has 0 radical (unpaired) electrons. The molecule has 0 saturated heterocycles. The van der Waals surface area contributed by atoms with E-state index in [2.05, 4.69) is 5.32 Å². The van der Waals surface area contributed by atoms with E-state index in [1.165, 1.54) is 11.4 Å². The number of amides is 1. The van der Waals surface area contributed by atoms with Crippen LogP contribution in [0.1, 0.15) is 44.7 Å². The lowest BCUT2D eigenvalue weighted by Crippen LogP contribution is -2.41. The third-order valence-electron chi connectivity index (χ3n) is 5.53. The van der Waals surface area contributed by atoms with Crippen LogP contribution in [-0.2, 0) is 14.8 Å². The van der Waals surface area contributed by atoms with E-state index >= 15 is 0 Å². The third kappa shape index (κ3) is 6.10. The van der Waals surface area contributed by atoms with Crippen molar-refractivity contribution in [1.82, 2.24) is 5.32 Å². The Morgan fingerprint density at radius 1 is 1.18 bits per heavy atom. The number of fused-ring (bicyclic) bond motifs is 1. The van der Waals surface area contributed by atoms with Crippen molar-refractivity contribution >= 4 is 21.6 Å². The van der Waals surface area contributed by atoms with Crippen molar-refractivity contribution in [3.05, 3.63) is 48.0 Å². The lowest BCUT2D eigenvalue weighted by molar-refractivity contribution is -0.122. The molecule has 1 heterocycles. The van der Waals surface area contributed by atoms with Gasteiger partial charge in [0.25, 0.3) is 0 Å². The highest BCUT2D eigenvalue weighted by atomic mass is 32.2. The zero-order valence-electron chi connectivity index (χ0n) is 19.8. The average molecular weight is 477 g/mol. The van der Waals surface area contributed by atoms with E-state index in [1.54, 1.807) is 31.4 Å². The van der Waals surface area contributed by atoms with Gasteiger partial charge in [-0.2, -0.15) is 0 Å². The summed E-state index contributed by atoms with van der Waals surface area (Å²) in [7, 11) is -0.457.